The van der Waals surface area contributed by atoms with Gasteiger partial charge in [-0.2, -0.15) is 0 Å². The smallest absolute Gasteiger partial charge is 0.271 e. The Bertz CT molecular complexity index is 536. The van der Waals surface area contributed by atoms with Gasteiger partial charge in [0.15, 0.2) is 0 Å². The van der Waals surface area contributed by atoms with Gasteiger partial charge in [0.05, 0.1) is 5.01 Å². The summed E-state index contributed by atoms with van der Waals surface area (Å²) in [5, 5.41) is 5.50. The van der Waals surface area contributed by atoms with Crippen molar-refractivity contribution in [3.05, 3.63) is 51.5 Å². The molecule has 0 bridgehead atoms. The lowest BCUT2D eigenvalue weighted by Gasteiger charge is -2.04. The molecule has 2 rings (SSSR count). The first kappa shape index (κ1) is 13.1. The van der Waals surface area contributed by atoms with Gasteiger partial charge in [-0.3, -0.25) is 4.79 Å². The summed E-state index contributed by atoms with van der Waals surface area (Å²) < 4.78 is 0. The number of alkyl halides is 1. The number of aromatic nitrogens is 1. The zero-order valence-electron chi connectivity index (χ0n) is 9.94. The predicted octanol–water partition coefficient (Wildman–Crippen LogP) is 3.12. The Morgan fingerprint density at radius 1 is 1.33 bits per heavy atom. The highest BCUT2D eigenvalue weighted by atomic mass is 35.5. The molecule has 5 heteroatoms. The molecule has 0 aliphatic rings. The lowest BCUT2D eigenvalue weighted by molar-refractivity contribution is 0.0946. The molecule has 1 aromatic heterocycles. The summed E-state index contributed by atoms with van der Waals surface area (Å²) in [6.07, 6.45) is 0. The highest BCUT2D eigenvalue weighted by Crippen LogP contribution is 2.09. The Hall–Kier alpha value is -1.39. The number of amides is 1. The van der Waals surface area contributed by atoms with Crippen molar-refractivity contribution < 1.29 is 4.79 Å². The zero-order chi connectivity index (χ0) is 13.0. The molecule has 0 radical (unpaired) electrons. The molecule has 1 aromatic carbocycles. The number of hydrogen-bond donors (Lipinski definition) is 1. The standard InChI is InChI=1S/C13H13ClN2OS/c1-9-16-12(8-18-9)13(17)15-7-11-4-2-10(6-14)3-5-11/h2-5,8H,6-7H2,1H3,(H,15,17). The van der Waals surface area contributed by atoms with Crippen molar-refractivity contribution >= 4 is 28.8 Å². The Morgan fingerprint density at radius 2 is 2.00 bits per heavy atom. The van der Waals surface area contributed by atoms with Gasteiger partial charge in [-0.25, -0.2) is 4.98 Å². The summed E-state index contributed by atoms with van der Waals surface area (Å²) in [7, 11) is 0. The Balaban J connectivity index is 1.92. The van der Waals surface area contributed by atoms with E-state index < -0.39 is 0 Å². The summed E-state index contributed by atoms with van der Waals surface area (Å²) >= 11 is 7.19. The van der Waals surface area contributed by atoms with E-state index >= 15 is 0 Å². The van der Waals surface area contributed by atoms with Gasteiger partial charge < -0.3 is 5.32 Å². The second kappa shape index (κ2) is 5.98. The van der Waals surface area contributed by atoms with E-state index in [1.165, 1.54) is 11.3 Å². The second-order valence-electron chi connectivity index (χ2n) is 3.88. The predicted molar refractivity (Wildman–Crippen MR) is 74.0 cm³/mol. The van der Waals surface area contributed by atoms with Gasteiger partial charge in [-0.15, -0.1) is 22.9 Å². The van der Waals surface area contributed by atoms with Crippen LogP contribution in [0.4, 0.5) is 0 Å². The fraction of sp³-hybridized carbons (Fsp3) is 0.231. The van der Waals surface area contributed by atoms with E-state index in [4.69, 9.17) is 11.6 Å². The van der Waals surface area contributed by atoms with Gasteiger partial charge >= 0.3 is 0 Å². The van der Waals surface area contributed by atoms with Gasteiger partial charge in [0.25, 0.3) is 5.91 Å². The molecule has 0 aliphatic carbocycles. The Morgan fingerprint density at radius 3 is 2.56 bits per heavy atom. The molecule has 0 fully saturated rings. The summed E-state index contributed by atoms with van der Waals surface area (Å²) in [5.41, 5.74) is 2.60. The molecule has 0 unspecified atom stereocenters. The molecule has 0 aliphatic heterocycles. The van der Waals surface area contributed by atoms with Crippen LogP contribution in [0.2, 0.25) is 0 Å². The third-order valence-electron chi connectivity index (χ3n) is 2.48. The number of halogens is 1. The minimum absolute atomic E-state index is 0.138. The van der Waals surface area contributed by atoms with E-state index in [-0.39, 0.29) is 5.91 Å². The first-order chi connectivity index (χ1) is 8.69. The average molecular weight is 281 g/mol. The van der Waals surface area contributed by atoms with E-state index in [9.17, 15) is 4.79 Å². The van der Waals surface area contributed by atoms with E-state index in [0.29, 0.717) is 18.1 Å². The summed E-state index contributed by atoms with van der Waals surface area (Å²) in [4.78, 5) is 15.9. The van der Waals surface area contributed by atoms with Crippen LogP contribution in [-0.2, 0) is 12.4 Å². The van der Waals surface area contributed by atoms with Gasteiger partial charge in [-0.05, 0) is 18.1 Å². The van der Waals surface area contributed by atoms with Crippen LogP contribution in [-0.4, -0.2) is 10.9 Å². The van der Waals surface area contributed by atoms with Crippen molar-refractivity contribution in [3.8, 4) is 0 Å². The normalized spacial score (nSPS) is 10.3. The number of thiazole rings is 1. The maximum atomic E-state index is 11.8. The Kier molecular flexibility index (Phi) is 4.33. The summed E-state index contributed by atoms with van der Waals surface area (Å²) in [6, 6.07) is 7.84. The molecule has 0 atom stereocenters. The molecule has 1 N–H and O–H groups in total. The maximum Gasteiger partial charge on any atom is 0.271 e. The van der Waals surface area contributed by atoms with E-state index in [1.807, 2.05) is 31.2 Å². The van der Waals surface area contributed by atoms with Crippen LogP contribution in [0, 0.1) is 6.92 Å². The van der Waals surface area contributed by atoms with Crippen LogP contribution in [0.3, 0.4) is 0 Å². The van der Waals surface area contributed by atoms with Crippen molar-refractivity contribution in [2.75, 3.05) is 0 Å². The third-order valence-corrected chi connectivity index (χ3v) is 3.56. The van der Waals surface area contributed by atoms with Crippen LogP contribution in [0.15, 0.2) is 29.6 Å². The summed E-state index contributed by atoms with van der Waals surface area (Å²) in [6.45, 7) is 2.38. The summed E-state index contributed by atoms with van der Waals surface area (Å²) in [5.74, 6) is 0.367. The lowest BCUT2D eigenvalue weighted by Crippen LogP contribution is -2.23. The minimum atomic E-state index is -0.138. The van der Waals surface area contributed by atoms with Crippen molar-refractivity contribution in [1.82, 2.24) is 10.3 Å². The number of carbonyl (C=O) groups excluding carboxylic acids is 1. The number of nitrogens with one attached hydrogen (secondary N) is 1. The number of carbonyl (C=O) groups is 1. The van der Waals surface area contributed by atoms with Gasteiger partial charge in [0, 0.05) is 17.8 Å². The molecular weight excluding hydrogens is 268 g/mol. The van der Waals surface area contributed by atoms with Gasteiger partial charge in [0.2, 0.25) is 0 Å². The molecule has 1 heterocycles. The molecule has 0 spiro atoms. The van der Waals surface area contributed by atoms with E-state index in [0.717, 1.165) is 16.1 Å². The SMILES string of the molecule is Cc1nc(C(=O)NCc2ccc(CCl)cc2)cs1. The average Bonchev–Trinajstić information content (AvgIpc) is 2.83. The van der Waals surface area contributed by atoms with Gasteiger partial charge in [0.1, 0.15) is 5.69 Å². The number of nitrogens with zero attached hydrogens (tertiary/aromatic N) is 1. The molecule has 3 nitrogen and oxygen atoms in total. The quantitative estimate of drug-likeness (QED) is 0.875. The highest BCUT2D eigenvalue weighted by Gasteiger charge is 2.08. The first-order valence-corrected chi connectivity index (χ1v) is 6.94. The molecule has 94 valence electrons. The Labute approximate surface area is 115 Å². The van der Waals surface area contributed by atoms with Crippen LogP contribution >= 0.6 is 22.9 Å². The number of rotatable bonds is 4. The van der Waals surface area contributed by atoms with Crippen molar-refractivity contribution in [1.29, 1.82) is 0 Å². The van der Waals surface area contributed by atoms with Crippen molar-refractivity contribution in [2.45, 2.75) is 19.3 Å². The first-order valence-electron chi connectivity index (χ1n) is 5.53. The van der Waals surface area contributed by atoms with Crippen LogP contribution in [0.5, 0.6) is 0 Å². The topological polar surface area (TPSA) is 42.0 Å². The molecule has 18 heavy (non-hydrogen) atoms. The molecular formula is C13H13ClN2OS. The highest BCUT2D eigenvalue weighted by molar-refractivity contribution is 7.09. The second-order valence-corrected chi connectivity index (χ2v) is 5.21. The number of benzene rings is 1. The van der Waals surface area contributed by atoms with Crippen LogP contribution < -0.4 is 5.32 Å². The molecule has 0 saturated carbocycles. The maximum absolute atomic E-state index is 11.8. The van der Waals surface area contributed by atoms with E-state index in [1.54, 1.807) is 5.38 Å². The molecule has 1 amide bonds. The van der Waals surface area contributed by atoms with Crippen LogP contribution in [0.1, 0.15) is 26.6 Å². The lowest BCUT2D eigenvalue weighted by atomic mass is 10.1. The monoisotopic (exact) mass is 280 g/mol. The van der Waals surface area contributed by atoms with Gasteiger partial charge in [-0.1, -0.05) is 24.3 Å². The fourth-order valence-corrected chi connectivity index (χ4v) is 2.26. The fourth-order valence-electron chi connectivity index (χ4n) is 1.49. The van der Waals surface area contributed by atoms with Crippen molar-refractivity contribution in [2.24, 2.45) is 0 Å². The molecule has 0 saturated heterocycles. The third kappa shape index (κ3) is 3.31. The minimum Gasteiger partial charge on any atom is -0.347 e. The number of aryl methyl sites for hydroxylation is 1. The van der Waals surface area contributed by atoms with Crippen LogP contribution in [0.25, 0.3) is 0 Å². The zero-order valence-corrected chi connectivity index (χ0v) is 11.5. The van der Waals surface area contributed by atoms with E-state index in [2.05, 4.69) is 10.3 Å². The van der Waals surface area contributed by atoms with Crippen molar-refractivity contribution in [3.63, 3.8) is 0 Å². The largest absolute Gasteiger partial charge is 0.347 e. The number of hydrogen-bond acceptors (Lipinski definition) is 3. The molecule has 2 aromatic rings.